The van der Waals surface area contributed by atoms with Crippen LogP contribution in [0.25, 0.3) is 0 Å². The Hall–Kier alpha value is -0.865. The molecule has 1 saturated heterocycles. The molecule has 1 fully saturated rings. The lowest BCUT2D eigenvalue weighted by molar-refractivity contribution is 1.24. The van der Waals surface area contributed by atoms with Crippen LogP contribution in [0.3, 0.4) is 0 Å². The molecule has 1 aliphatic rings. The van der Waals surface area contributed by atoms with Crippen LogP contribution in [-0.4, -0.2) is 22.6 Å². The lowest BCUT2D eigenvalue weighted by Gasteiger charge is -2.31. The molecule has 76 valence electrons. The average Bonchev–Trinajstić information content (AvgIpc) is 2.17. The second kappa shape index (κ2) is 4.33. The van der Waals surface area contributed by atoms with E-state index in [1.165, 1.54) is 22.4 Å². The van der Waals surface area contributed by atoms with Crippen LogP contribution in [0.5, 0.6) is 0 Å². The van der Waals surface area contributed by atoms with Gasteiger partial charge in [-0.3, -0.25) is 0 Å². The molecule has 2 N–H and O–H groups in total. The van der Waals surface area contributed by atoms with Gasteiger partial charge < -0.3 is 15.0 Å². The Morgan fingerprint density at radius 1 is 1.00 bits per heavy atom. The van der Waals surface area contributed by atoms with Gasteiger partial charge in [-0.15, -0.1) is 0 Å². The Morgan fingerprint density at radius 3 is 2.07 bits per heavy atom. The average molecular weight is 199 g/mol. The van der Waals surface area contributed by atoms with Crippen molar-refractivity contribution in [3.63, 3.8) is 0 Å². The van der Waals surface area contributed by atoms with Crippen LogP contribution >= 0.6 is 0 Å². The van der Waals surface area contributed by atoms with Crippen molar-refractivity contribution in [1.29, 1.82) is 0 Å². The Labute approximate surface area is 93.5 Å². The molecule has 0 radical (unpaired) electrons. The zero-order valence-corrected chi connectivity index (χ0v) is 9.72. The van der Waals surface area contributed by atoms with Gasteiger partial charge in [0.15, 0.2) is 0 Å². The van der Waals surface area contributed by atoms with Crippen molar-refractivity contribution in [3.8, 4) is 0 Å². The van der Waals surface area contributed by atoms with E-state index in [-0.39, 0.29) is 0 Å². The van der Waals surface area contributed by atoms with Crippen molar-refractivity contribution < 1.29 is 0 Å². The molecule has 1 aliphatic heterocycles. The van der Waals surface area contributed by atoms with E-state index in [1.807, 2.05) is 0 Å². The van der Waals surface area contributed by atoms with Gasteiger partial charge in [0, 0.05) is 5.69 Å². The summed E-state index contributed by atoms with van der Waals surface area (Å²) in [5, 5.41) is 6.63. The van der Waals surface area contributed by atoms with Crippen LogP contribution in [0.1, 0.15) is 16.7 Å². The third-order valence-electron chi connectivity index (χ3n) is 2.81. The first-order valence-electron chi connectivity index (χ1n) is 5.42. The van der Waals surface area contributed by atoms with Gasteiger partial charge in [-0.05, 0) is 31.9 Å². The van der Waals surface area contributed by atoms with Crippen molar-refractivity contribution in [1.82, 2.24) is 10.3 Å². The lowest BCUT2D eigenvalue weighted by Crippen LogP contribution is -2.58. The molecule has 0 bridgehead atoms. The summed E-state index contributed by atoms with van der Waals surface area (Å²) in [7, 11) is 2.76. The molecule has 0 saturated carbocycles. The maximum Gasteiger partial charge on any atom is 0.298 e. The SMILES string of the molecule is Cc1cc(C)c(N2BNBNB2)c(C)c1. The fourth-order valence-electron chi connectivity index (χ4n) is 2.36. The van der Waals surface area contributed by atoms with Gasteiger partial charge in [-0.2, -0.15) is 0 Å². The molecule has 1 aromatic rings. The second-order valence-electron chi connectivity index (χ2n) is 4.28. The third-order valence-corrected chi connectivity index (χ3v) is 2.81. The zero-order chi connectivity index (χ0) is 10.8. The predicted octanol–water partition coefficient (Wildman–Crippen LogP) is -0.589. The number of rotatable bonds is 1. The summed E-state index contributed by atoms with van der Waals surface area (Å²) in [5.74, 6) is 0. The Morgan fingerprint density at radius 2 is 1.53 bits per heavy atom. The van der Waals surface area contributed by atoms with E-state index in [1.54, 1.807) is 0 Å². The number of benzene rings is 1. The van der Waals surface area contributed by atoms with E-state index >= 15 is 0 Å². The lowest BCUT2D eigenvalue weighted by atomic mass is 9.79. The number of hydrogen-bond acceptors (Lipinski definition) is 3. The molecule has 1 heterocycles. The third kappa shape index (κ3) is 2.21. The maximum atomic E-state index is 3.32. The molecule has 0 aromatic heterocycles. The van der Waals surface area contributed by atoms with E-state index in [0.29, 0.717) is 0 Å². The summed E-state index contributed by atoms with van der Waals surface area (Å²) < 4.78 is 2.34. The summed E-state index contributed by atoms with van der Waals surface area (Å²) in [6.45, 7) is 6.52. The zero-order valence-electron chi connectivity index (χ0n) is 9.72. The first-order chi connectivity index (χ1) is 7.18. The molecule has 0 atom stereocenters. The smallest absolute Gasteiger partial charge is 0.298 e. The van der Waals surface area contributed by atoms with Gasteiger partial charge in [-0.25, -0.2) is 0 Å². The van der Waals surface area contributed by atoms with Gasteiger partial charge in [0.1, 0.15) is 0 Å². The van der Waals surface area contributed by atoms with Gasteiger partial charge >= 0.3 is 0 Å². The predicted molar refractivity (Wildman–Crippen MR) is 70.9 cm³/mol. The van der Waals surface area contributed by atoms with Gasteiger partial charge in [-0.1, -0.05) is 17.7 Å². The standard InChI is InChI=1S/C9H16B3N3/c1-6-4-7(2)9(8(3)5-6)15-11-13-10-14-12-15/h4-5,10-14H,1-3H3. The molecule has 0 amide bonds. The quantitative estimate of drug-likeness (QED) is 0.591. The topological polar surface area (TPSA) is 27.3 Å². The van der Waals surface area contributed by atoms with Gasteiger partial charge in [0.25, 0.3) is 22.6 Å². The highest BCUT2D eigenvalue weighted by molar-refractivity contribution is 6.74. The first-order valence-corrected chi connectivity index (χ1v) is 5.42. The molecule has 0 aliphatic carbocycles. The molecule has 0 unspecified atom stereocenters. The number of nitrogens with zero attached hydrogens (tertiary/aromatic N) is 1. The highest BCUT2D eigenvalue weighted by Crippen LogP contribution is 2.24. The van der Waals surface area contributed by atoms with Crippen LogP contribution in [0.2, 0.25) is 0 Å². The number of aryl methyl sites for hydroxylation is 3. The van der Waals surface area contributed by atoms with Gasteiger partial charge in [0.2, 0.25) is 0 Å². The minimum atomic E-state index is 0.903. The molecule has 3 nitrogen and oxygen atoms in total. The molecule has 1 aromatic carbocycles. The normalized spacial score (nSPS) is 15.3. The monoisotopic (exact) mass is 199 g/mol. The van der Waals surface area contributed by atoms with Crippen molar-refractivity contribution in [3.05, 3.63) is 28.8 Å². The molecule has 2 rings (SSSR count). The van der Waals surface area contributed by atoms with E-state index < -0.39 is 0 Å². The number of nitrogens with one attached hydrogen (secondary N) is 2. The number of hydrogen-bond donors (Lipinski definition) is 2. The van der Waals surface area contributed by atoms with E-state index in [9.17, 15) is 0 Å². The summed E-state index contributed by atoms with van der Waals surface area (Å²) in [5.41, 5.74) is 5.42. The molecule has 6 heteroatoms. The highest BCUT2D eigenvalue weighted by atomic mass is 15.1. The summed E-state index contributed by atoms with van der Waals surface area (Å²) in [6.07, 6.45) is 0. The van der Waals surface area contributed by atoms with Crippen molar-refractivity contribution >= 4 is 28.3 Å². The Balaban J connectivity index is 2.33. The molecular formula is C9H16B3N3. The van der Waals surface area contributed by atoms with Gasteiger partial charge in [0.05, 0.1) is 0 Å². The highest BCUT2D eigenvalue weighted by Gasteiger charge is 2.17. The Kier molecular flexibility index (Phi) is 3.07. The van der Waals surface area contributed by atoms with Crippen LogP contribution in [0.4, 0.5) is 5.69 Å². The first kappa shape index (κ1) is 10.6. The maximum absolute atomic E-state index is 3.32. The van der Waals surface area contributed by atoms with E-state index in [2.05, 4.69) is 47.9 Å². The largest absolute Gasteiger partial charge is 0.440 e. The Bertz CT molecular complexity index is 341. The minimum absolute atomic E-state index is 0.903. The molecular weight excluding hydrogens is 183 g/mol. The number of anilines is 1. The van der Waals surface area contributed by atoms with Crippen molar-refractivity contribution in [2.24, 2.45) is 0 Å². The fourth-order valence-corrected chi connectivity index (χ4v) is 2.36. The summed E-state index contributed by atoms with van der Waals surface area (Å²) >= 11 is 0. The fraction of sp³-hybridized carbons (Fsp3) is 0.333. The van der Waals surface area contributed by atoms with Crippen LogP contribution < -0.4 is 15.0 Å². The summed E-state index contributed by atoms with van der Waals surface area (Å²) in [4.78, 5) is 0. The van der Waals surface area contributed by atoms with E-state index in [4.69, 9.17) is 0 Å². The van der Waals surface area contributed by atoms with Crippen molar-refractivity contribution in [2.75, 3.05) is 4.72 Å². The van der Waals surface area contributed by atoms with E-state index in [0.717, 1.165) is 22.6 Å². The van der Waals surface area contributed by atoms with Crippen molar-refractivity contribution in [2.45, 2.75) is 20.8 Å². The molecule has 15 heavy (non-hydrogen) atoms. The van der Waals surface area contributed by atoms with Crippen LogP contribution in [0.15, 0.2) is 12.1 Å². The molecule has 0 spiro atoms. The summed E-state index contributed by atoms with van der Waals surface area (Å²) in [6, 6.07) is 4.49. The minimum Gasteiger partial charge on any atom is -0.440 e. The van der Waals surface area contributed by atoms with Crippen LogP contribution in [0, 0.1) is 20.8 Å². The second-order valence-corrected chi connectivity index (χ2v) is 4.28. The van der Waals surface area contributed by atoms with Crippen LogP contribution in [-0.2, 0) is 0 Å².